The van der Waals surface area contributed by atoms with Gasteiger partial charge in [-0.2, -0.15) is 0 Å². The lowest BCUT2D eigenvalue weighted by Crippen LogP contribution is -2.29. The normalized spacial score (nSPS) is 15.1. The second-order valence-electron chi connectivity index (χ2n) is 5.43. The molecule has 2 aromatic rings. The summed E-state index contributed by atoms with van der Waals surface area (Å²) in [4.78, 5) is 0. The van der Waals surface area contributed by atoms with Gasteiger partial charge in [-0.05, 0) is 60.1 Å². The zero-order valence-corrected chi connectivity index (χ0v) is 11.4. The van der Waals surface area contributed by atoms with E-state index in [2.05, 4.69) is 23.6 Å². The fraction of sp³-hybridized carbons (Fsp3) is 0.294. The SMILES string of the molecule is NNC(Cc1ccc(F)cc1)c1ccc2c(c1)CCC2. The molecule has 3 heteroatoms. The molecule has 1 aliphatic carbocycles. The van der Waals surface area contributed by atoms with Crippen molar-refractivity contribution in [3.8, 4) is 0 Å². The number of benzene rings is 2. The van der Waals surface area contributed by atoms with Crippen molar-refractivity contribution in [3.63, 3.8) is 0 Å². The lowest BCUT2D eigenvalue weighted by Gasteiger charge is -2.17. The van der Waals surface area contributed by atoms with Crippen LogP contribution in [0, 0.1) is 5.82 Å². The Morgan fingerprint density at radius 3 is 2.55 bits per heavy atom. The summed E-state index contributed by atoms with van der Waals surface area (Å²) in [6, 6.07) is 13.3. The van der Waals surface area contributed by atoms with E-state index in [-0.39, 0.29) is 11.9 Å². The minimum Gasteiger partial charge on any atom is -0.271 e. The number of fused-ring (bicyclic) bond motifs is 1. The Hall–Kier alpha value is -1.71. The van der Waals surface area contributed by atoms with Gasteiger partial charge in [0, 0.05) is 6.04 Å². The molecular weight excluding hydrogens is 251 g/mol. The minimum atomic E-state index is -0.205. The lowest BCUT2D eigenvalue weighted by atomic mass is 9.96. The number of halogens is 1. The zero-order valence-electron chi connectivity index (χ0n) is 11.4. The molecule has 0 saturated carbocycles. The van der Waals surface area contributed by atoms with Gasteiger partial charge in [0.05, 0.1) is 0 Å². The zero-order chi connectivity index (χ0) is 13.9. The molecule has 1 unspecified atom stereocenters. The maximum absolute atomic E-state index is 12.9. The quantitative estimate of drug-likeness (QED) is 0.662. The van der Waals surface area contributed by atoms with E-state index >= 15 is 0 Å². The standard InChI is InChI=1S/C17H19FN2/c18-16-8-4-12(5-9-16)10-17(20-19)15-7-6-13-2-1-3-14(13)11-15/h4-9,11,17,20H,1-3,10,19H2. The number of hydrazine groups is 1. The van der Waals surface area contributed by atoms with Gasteiger partial charge in [-0.3, -0.25) is 11.3 Å². The van der Waals surface area contributed by atoms with Crippen LogP contribution in [0.25, 0.3) is 0 Å². The average Bonchev–Trinajstić information content (AvgIpc) is 2.94. The Morgan fingerprint density at radius 2 is 1.80 bits per heavy atom. The third kappa shape index (κ3) is 2.74. The number of aryl methyl sites for hydroxylation is 2. The number of hydrogen-bond acceptors (Lipinski definition) is 2. The summed E-state index contributed by atoms with van der Waals surface area (Å²) < 4.78 is 12.9. The highest BCUT2D eigenvalue weighted by molar-refractivity contribution is 5.37. The first-order valence-corrected chi connectivity index (χ1v) is 7.08. The van der Waals surface area contributed by atoms with Crippen molar-refractivity contribution in [1.82, 2.24) is 5.43 Å². The van der Waals surface area contributed by atoms with Crippen LogP contribution >= 0.6 is 0 Å². The van der Waals surface area contributed by atoms with Gasteiger partial charge in [0.2, 0.25) is 0 Å². The topological polar surface area (TPSA) is 38.0 Å². The molecule has 20 heavy (non-hydrogen) atoms. The molecule has 0 spiro atoms. The highest BCUT2D eigenvalue weighted by atomic mass is 19.1. The Bertz CT molecular complexity index is 592. The highest BCUT2D eigenvalue weighted by Gasteiger charge is 2.15. The molecule has 3 rings (SSSR count). The summed E-state index contributed by atoms with van der Waals surface area (Å²) in [6.07, 6.45) is 4.36. The molecule has 0 heterocycles. The van der Waals surface area contributed by atoms with E-state index in [0.717, 1.165) is 18.4 Å². The first kappa shape index (κ1) is 13.3. The molecule has 1 atom stereocenters. The predicted molar refractivity (Wildman–Crippen MR) is 78.6 cm³/mol. The summed E-state index contributed by atoms with van der Waals surface area (Å²) in [7, 11) is 0. The molecule has 0 amide bonds. The van der Waals surface area contributed by atoms with Gasteiger partial charge in [0.25, 0.3) is 0 Å². The van der Waals surface area contributed by atoms with Crippen LogP contribution in [0.4, 0.5) is 4.39 Å². The molecule has 2 nitrogen and oxygen atoms in total. The van der Waals surface area contributed by atoms with E-state index in [1.807, 2.05) is 12.1 Å². The number of rotatable bonds is 4. The average molecular weight is 270 g/mol. The van der Waals surface area contributed by atoms with E-state index in [4.69, 9.17) is 5.84 Å². The first-order chi connectivity index (χ1) is 9.76. The Balaban J connectivity index is 1.81. The monoisotopic (exact) mass is 270 g/mol. The van der Waals surface area contributed by atoms with Crippen molar-refractivity contribution < 1.29 is 4.39 Å². The Labute approximate surface area is 118 Å². The summed E-state index contributed by atoms with van der Waals surface area (Å²) in [6.45, 7) is 0. The second-order valence-corrected chi connectivity index (χ2v) is 5.43. The predicted octanol–water partition coefficient (Wildman–Crippen LogP) is 3.06. The van der Waals surface area contributed by atoms with Crippen LogP contribution < -0.4 is 11.3 Å². The van der Waals surface area contributed by atoms with Crippen molar-refractivity contribution in [3.05, 3.63) is 70.5 Å². The molecule has 2 aromatic carbocycles. The summed E-state index contributed by atoms with van der Waals surface area (Å²) in [5.74, 6) is 5.50. The molecule has 0 fully saturated rings. The second kappa shape index (κ2) is 5.73. The molecular formula is C17H19FN2. The molecule has 0 radical (unpaired) electrons. The highest BCUT2D eigenvalue weighted by Crippen LogP contribution is 2.26. The van der Waals surface area contributed by atoms with E-state index in [1.165, 1.54) is 41.7 Å². The van der Waals surface area contributed by atoms with Crippen molar-refractivity contribution in [2.24, 2.45) is 5.84 Å². The summed E-state index contributed by atoms with van der Waals surface area (Å²) in [5.41, 5.74) is 8.07. The van der Waals surface area contributed by atoms with Gasteiger partial charge in [-0.25, -0.2) is 4.39 Å². The van der Waals surface area contributed by atoms with Crippen molar-refractivity contribution >= 4 is 0 Å². The number of hydrogen-bond donors (Lipinski definition) is 2. The molecule has 0 saturated heterocycles. The Morgan fingerprint density at radius 1 is 1.05 bits per heavy atom. The summed E-state index contributed by atoms with van der Waals surface area (Å²) in [5, 5.41) is 0. The maximum atomic E-state index is 12.9. The number of nitrogens with two attached hydrogens (primary N) is 1. The smallest absolute Gasteiger partial charge is 0.123 e. The van der Waals surface area contributed by atoms with E-state index in [1.54, 1.807) is 0 Å². The lowest BCUT2D eigenvalue weighted by molar-refractivity contribution is 0.550. The van der Waals surface area contributed by atoms with Crippen LogP contribution in [0.5, 0.6) is 0 Å². The fourth-order valence-corrected chi connectivity index (χ4v) is 2.94. The third-order valence-corrected chi connectivity index (χ3v) is 4.08. The van der Waals surface area contributed by atoms with Crippen LogP contribution in [0.2, 0.25) is 0 Å². The van der Waals surface area contributed by atoms with Crippen LogP contribution in [0.15, 0.2) is 42.5 Å². The molecule has 0 bridgehead atoms. The van der Waals surface area contributed by atoms with Crippen LogP contribution in [-0.2, 0) is 19.3 Å². The molecule has 0 aliphatic heterocycles. The summed E-state index contributed by atoms with van der Waals surface area (Å²) >= 11 is 0. The van der Waals surface area contributed by atoms with Gasteiger partial charge >= 0.3 is 0 Å². The van der Waals surface area contributed by atoms with Gasteiger partial charge < -0.3 is 0 Å². The van der Waals surface area contributed by atoms with Gasteiger partial charge in [-0.15, -0.1) is 0 Å². The molecule has 104 valence electrons. The molecule has 1 aliphatic rings. The van der Waals surface area contributed by atoms with Crippen molar-refractivity contribution in [1.29, 1.82) is 0 Å². The third-order valence-electron chi connectivity index (χ3n) is 4.08. The van der Waals surface area contributed by atoms with Gasteiger partial charge in [0.1, 0.15) is 5.82 Å². The van der Waals surface area contributed by atoms with Crippen LogP contribution in [0.1, 0.15) is 34.7 Å². The fourth-order valence-electron chi connectivity index (χ4n) is 2.94. The van der Waals surface area contributed by atoms with Gasteiger partial charge in [-0.1, -0.05) is 30.3 Å². The Kier molecular flexibility index (Phi) is 3.81. The largest absolute Gasteiger partial charge is 0.271 e. The molecule has 3 N–H and O–H groups in total. The van der Waals surface area contributed by atoms with Gasteiger partial charge in [0.15, 0.2) is 0 Å². The van der Waals surface area contributed by atoms with E-state index < -0.39 is 0 Å². The van der Waals surface area contributed by atoms with Crippen LogP contribution in [0.3, 0.4) is 0 Å². The van der Waals surface area contributed by atoms with Crippen molar-refractivity contribution in [2.45, 2.75) is 31.7 Å². The number of nitrogens with one attached hydrogen (secondary N) is 1. The molecule has 0 aromatic heterocycles. The van der Waals surface area contributed by atoms with Crippen molar-refractivity contribution in [2.75, 3.05) is 0 Å². The minimum absolute atomic E-state index is 0.0614. The first-order valence-electron chi connectivity index (χ1n) is 7.08. The van der Waals surface area contributed by atoms with E-state index in [9.17, 15) is 4.39 Å². The van der Waals surface area contributed by atoms with Crippen LogP contribution in [-0.4, -0.2) is 0 Å². The maximum Gasteiger partial charge on any atom is 0.123 e. The van der Waals surface area contributed by atoms with E-state index in [0.29, 0.717) is 0 Å².